The van der Waals surface area contributed by atoms with Gasteiger partial charge in [0.25, 0.3) is 0 Å². The molecule has 25 heavy (non-hydrogen) atoms. The SMILES string of the molecule is C[C@H](COCc1ccccc1)C(=O)N[C@@H]1CCCc2[nH]c(=O)ccc21. The Balaban J connectivity index is 1.53. The number of aromatic nitrogens is 1. The average molecular weight is 340 g/mol. The Morgan fingerprint density at radius 3 is 2.88 bits per heavy atom. The van der Waals surface area contributed by atoms with E-state index < -0.39 is 0 Å². The lowest BCUT2D eigenvalue weighted by Gasteiger charge is -2.27. The molecule has 0 aliphatic heterocycles. The van der Waals surface area contributed by atoms with Crippen molar-refractivity contribution in [3.8, 4) is 0 Å². The predicted octanol–water partition coefficient (Wildman–Crippen LogP) is 2.72. The molecule has 2 aromatic rings. The molecular formula is C20H24N2O3. The second-order valence-corrected chi connectivity index (χ2v) is 6.61. The van der Waals surface area contributed by atoms with Gasteiger partial charge in [-0.05, 0) is 36.5 Å². The molecule has 0 saturated heterocycles. The van der Waals surface area contributed by atoms with Crippen molar-refractivity contribution in [2.45, 2.75) is 38.8 Å². The Hall–Kier alpha value is -2.40. The van der Waals surface area contributed by atoms with Crippen LogP contribution in [0.5, 0.6) is 0 Å². The monoisotopic (exact) mass is 340 g/mol. The fourth-order valence-electron chi connectivity index (χ4n) is 3.17. The number of ether oxygens (including phenoxy) is 1. The zero-order valence-corrected chi connectivity index (χ0v) is 14.5. The molecule has 1 aromatic carbocycles. The van der Waals surface area contributed by atoms with Gasteiger partial charge in [-0.25, -0.2) is 0 Å². The standard InChI is InChI=1S/C20H24N2O3/c1-14(12-25-13-15-6-3-2-4-7-15)20(24)22-18-9-5-8-17-16(18)10-11-19(23)21-17/h2-4,6-7,10-11,14,18H,5,8-9,12-13H2,1H3,(H,21,23)(H,22,24)/t14-,18-/m1/s1. The second kappa shape index (κ2) is 8.12. The van der Waals surface area contributed by atoms with Gasteiger partial charge < -0.3 is 15.0 Å². The van der Waals surface area contributed by atoms with E-state index in [2.05, 4.69) is 10.3 Å². The van der Waals surface area contributed by atoms with E-state index >= 15 is 0 Å². The van der Waals surface area contributed by atoms with Crippen molar-refractivity contribution in [3.05, 3.63) is 69.6 Å². The lowest BCUT2D eigenvalue weighted by molar-refractivity contribution is -0.127. The van der Waals surface area contributed by atoms with Crippen LogP contribution < -0.4 is 10.9 Å². The number of pyridine rings is 1. The maximum atomic E-state index is 12.5. The van der Waals surface area contributed by atoms with Gasteiger partial charge in [0.1, 0.15) is 0 Å². The average Bonchev–Trinajstić information content (AvgIpc) is 2.62. The summed E-state index contributed by atoms with van der Waals surface area (Å²) in [6, 6.07) is 13.2. The van der Waals surface area contributed by atoms with E-state index in [-0.39, 0.29) is 23.4 Å². The highest BCUT2D eigenvalue weighted by atomic mass is 16.5. The van der Waals surface area contributed by atoms with Crippen LogP contribution in [0, 0.1) is 5.92 Å². The van der Waals surface area contributed by atoms with Crippen LogP contribution in [-0.2, 0) is 22.6 Å². The number of carbonyl (C=O) groups is 1. The molecule has 1 aliphatic carbocycles. The van der Waals surface area contributed by atoms with E-state index in [9.17, 15) is 9.59 Å². The fourth-order valence-corrected chi connectivity index (χ4v) is 3.17. The number of nitrogens with one attached hydrogen (secondary N) is 2. The minimum Gasteiger partial charge on any atom is -0.376 e. The molecule has 0 saturated carbocycles. The Morgan fingerprint density at radius 2 is 2.08 bits per heavy atom. The highest BCUT2D eigenvalue weighted by molar-refractivity contribution is 5.79. The number of carbonyl (C=O) groups excluding carboxylic acids is 1. The molecule has 132 valence electrons. The summed E-state index contributed by atoms with van der Waals surface area (Å²) >= 11 is 0. The summed E-state index contributed by atoms with van der Waals surface area (Å²) in [7, 11) is 0. The topological polar surface area (TPSA) is 71.2 Å². The van der Waals surface area contributed by atoms with Crippen LogP contribution in [0.3, 0.4) is 0 Å². The summed E-state index contributed by atoms with van der Waals surface area (Å²) in [6.07, 6.45) is 2.70. The van der Waals surface area contributed by atoms with Crippen LogP contribution in [0.2, 0.25) is 0 Å². The van der Waals surface area contributed by atoms with E-state index in [0.29, 0.717) is 13.2 Å². The van der Waals surface area contributed by atoms with Gasteiger partial charge in [-0.3, -0.25) is 9.59 Å². The molecule has 5 nitrogen and oxygen atoms in total. The highest BCUT2D eigenvalue weighted by Crippen LogP contribution is 2.27. The first kappa shape index (κ1) is 17.4. The van der Waals surface area contributed by atoms with E-state index in [1.165, 1.54) is 6.07 Å². The molecule has 1 amide bonds. The summed E-state index contributed by atoms with van der Waals surface area (Å²) in [5.74, 6) is -0.242. The maximum absolute atomic E-state index is 12.5. The van der Waals surface area contributed by atoms with Gasteiger partial charge in [0.05, 0.1) is 25.2 Å². The molecule has 5 heteroatoms. The number of fused-ring (bicyclic) bond motifs is 1. The number of H-pyrrole nitrogens is 1. The van der Waals surface area contributed by atoms with Crippen molar-refractivity contribution in [2.24, 2.45) is 5.92 Å². The van der Waals surface area contributed by atoms with Gasteiger partial charge in [-0.2, -0.15) is 0 Å². The number of hydrogen-bond donors (Lipinski definition) is 2. The van der Waals surface area contributed by atoms with Crippen molar-refractivity contribution in [1.29, 1.82) is 0 Å². The number of aryl methyl sites for hydroxylation is 1. The highest BCUT2D eigenvalue weighted by Gasteiger charge is 2.24. The molecule has 0 unspecified atom stereocenters. The molecule has 2 atom stereocenters. The number of aromatic amines is 1. The first-order valence-corrected chi connectivity index (χ1v) is 8.77. The molecule has 0 fully saturated rings. The van der Waals surface area contributed by atoms with Crippen molar-refractivity contribution in [3.63, 3.8) is 0 Å². The number of benzene rings is 1. The van der Waals surface area contributed by atoms with Crippen LogP contribution in [0.1, 0.15) is 42.6 Å². The van der Waals surface area contributed by atoms with E-state index in [4.69, 9.17) is 4.74 Å². The summed E-state index contributed by atoms with van der Waals surface area (Å²) in [5, 5.41) is 3.10. The smallest absolute Gasteiger partial charge is 0.248 e. The van der Waals surface area contributed by atoms with Gasteiger partial charge in [0.2, 0.25) is 11.5 Å². The molecule has 1 aromatic heterocycles. The van der Waals surface area contributed by atoms with Crippen LogP contribution >= 0.6 is 0 Å². The number of amides is 1. The number of rotatable bonds is 6. The van der Waals surface area contributed by atoms with Gasteiger partial charge in [-0.15, -0.1) is 0 Å². The first-order chi connectivity index (χ1) is 12.1. The van der Waals surface area contributed by atoms with Crippen molar-refractivity contribution < 1.29 is 9.53 Å². The predicted molar refractivity (Wildman–Crippen MR) is 96.1 cm³/mol. The minimum atomic E-state index is -0.225. The Bertz CT molecular complexity index is 770. The molecule has 0 spiro atoms. The van der Waals surface area contributed by atoms with Crippen molar-refractivity contribution in [2.75, 3.05) is 6.61 Å². The Labute approximate surface area is 147 Å². The van der Waals surface area contributed by atoms with Crippen LogP contribution in [-0.4, -0.2) is 17.5 Å². The molecular weight excluding hydrogens is 316 g/mol. The Kier molecular flexibility index (Phi) is 5.66. The molecule has 3 rings (SSSR count). The van der Waals surface area contributed by atoms with Crippen molar-refractivity contribution in [1.82, 2.24) is 10.3 Å². The van der Waals surface area contributed by atoms with Gasteiger partial charge in [0, 0.05) is 11.8 Å². The molecule has 2 N–H and O–H groups in total. The number of hydrogen-bond acceptors (Lipinski definition) is 3. The molecule has 0 radical (unpaired) electrons. The zero-order valence-electron chi connectivity index (χ0n) is 14.5. The van der Waals surface area contributed by atoms with Crippen molar-refractivity contribution >= 4 is 5.91 Å². The van der Waals surface area contributed by atoms with Gasteiger partial charge in [0.15, 0.2) is 0 Å². The van der Waals surface area contributed by atoms with E-state index in [1.807, 2.05) is 43.3 Å². The summed E-state index contributed by atoms with van der Waals surface area (Å²) in [6.45, 7) is 2.76. The third-order valence-corrected chi connectivity index (χ3v) is 4.58. The lowest BCUT2D eigenvalue weighted by atomic mass is 9.91. The quantitative estimate of drug-likeness (QED) is 0.849. The second-order valence-electron chi connectivity index (χ2n) is 6.61. The molecule has 1 aliphatic rings. The van der Waals surface area contributed by atoms with Gasteiger partial charge >= 0.3 is 0 Å². The third-order valence-electron chi connectivity index (χ3n) is 4.58. The fraction of sp³-hybridized carbons (Fsp3) is 0.400. The lowest BCUT2D eigenvalue weighted by Crippen LogP contribution is -2.36. The maximum Gasteiger partial charge on any atom is 0.248 e. The largest absolute Gasteiger partial charge is 0.376 e. The van der Waals surface area contributed by atoms with Crippen LogP contribution in [0.15, 0.2) is 47.3 Å². The third kappa shape index (κ3) is 4.57. The molecule has 0 bridgehead atoms. The first-order valence-electron chi connectivity index (χ1n) is 8.77. The Morgan fingerprint density at radius 1 is 1.28 bits per heavy atom. The van der Waals surface area contributed by atoms with Crippen LogP contribution in [0.4, 0.5) is 0 Å². The van der Waals surface area contributed by atoms with E-state index in [0.717, 1.165) is 36.1 Å². The summed E-state index contributed by atoms with van der Waals surface area (Å²) in [5.41, 5.74) is 2.97. The summed E-state index contributed by atoms with van der Waals surface area (Å²) < 4.78 is 5.67. The zero-order chi connectivity index (χ0) is 17.6. The minimum absolute atomic E-state index is 0.0166. The van der Waals surface area contributed by atoms with E-state index in [1.54, 1.807) is 0 Å². The normalized spacial score (nSPS) is 17.6. The van der Waals surface area contributed by atoms with Gasteiger partial charge in [-0.1, -0.05) is 37.3 Å². The summed E-state index contributed by atoms with van der Waals surface area (Å²) in [4.78, 5) is 26.8. The van der Waals surface area contributed by atoms with Crippen LogP contribution in [0.25, 0.3) is 0 Å². The molecule has 1 heterocycles.